The average molecular weight is 460 g/mol. The number of benzene rings is 2. The van der Waals surface area contributed by atoms with Crippen LogP contribution in [0.2, 0.25) is 0 Å². The van der Waals surface area contributed by atoms with Crippen molar-refractivity contribution in [2.45, 2.75) is 32.9 Å². The Morgan fingerprint density at radius 2 is 1.71 bits per heavy atom. The van der Waals surface area contributed by atoms with E-state index in [9.17, 15) is 9.59 Å². The summed E-state index contributed by atoms with van der Waals surface area (Å²) in [4.78, 5) is 31.3. The van der Waals surface area contributed by atoms with Crippen molar-refractivity contribution in [3.05, 3.63) is 89.2 Å². The smallest absolute Gasteiger partial charge is 0.253 e. The molecule has 0 radical (unpaired) electrons. The third-order valence-corrected chi connectivity index (χ3v) is 5.67. The number of amides is 2. The molecule has 7 heteroatoms. The van der Waals surface area contributed by atoms with E-state index in [1.165, 1.54) is 0 Å². The van der Waals surface area contributed by atoms with Crippen molar-refractivity contribution in [1.82, 2.24) is 15.2 Å². The first-order chi connectivity index (χ1) is 16.6. The zero-order valence-electron chi connectivity index (χ0n) is 19.3. The Bertz CT molecular complexity index is 1130. The molecule has 2 aromatic carbocycles. The number of carbonyl (C=O) groups is 2. The van der Waals surface area contributed by atoms with E-state index in [-0.39, 0.29) is 11.8 Å². The van der Waals surface area contributed by atoms with Crippen molar-refractivity contribution in [2.75, 3.05) is 19.7 Å². The number of hydrogen-bond acceptors (Lipinski definition) is 5. The number of rotatable bonds is 9. The molecule has 3 aromatic rings. The van der Waals surface area contributed by atoms with Crippen LogP contribution in [0, 0.1) is 0 Å². The zero-order chi connectivity index (χ0) is 23.8. The van der Waals surface area contributed by atoms with E-state index < -0.39 is 0 Å². The standard InChI is InChI=1S/C27H29N3O4/c1-2-33-25-17-22(8-9-24(25)34-19-20-10-12-28-13-11-20)26(31)29-18-21-6-5-7-23(16-21)27(32)30-14-3-4-15-30/h5-13,16-17H,2-4,14-15,18-19H2,1H3,(H,29,31). The van der Waals surface area contributed by atoms with E-state index in [2.05, 4.69) is 10.3 Å². The second kappa shape index (κ2) is 11.3. The summed E-state index contributed by atoms with van der Waals surface area (Å²) in [6, 6.07) is 16.4. The number of likely N-dealkylation sites (tertiary alicyclic amines) is 1. The summed E-state index contributed by atoms with van der Waals surface area (Å²) < 4.78 is 11.6. The fourth-order valence-electron chi connectivity index (χ4n) is 3.88. The van der Waals surface area contributed by atoms with Crippen molar-refractivity contribution < 1.29 is 19.1 Å². The highest BCUT2D eigenvalue weighted by molar-refractivity contribution is 5.95. The molecular weight excluding hydrogens is 430 g/mol. The van der Waals surface area contributed by atoms with Gasteiger partial charge in [0.05, 0.1) is 6.61 Å². The van der Waals surface area contributed by atoms with Gasteiger partial charge in [-0.15, -0.1) is 0 Å². The maximum atomic E-state index is 12.8. The quantitative estimate of drug-likeness (QED) is 0.518. The summed E-state index contributed by atoms with van der Waals surface area (Å²) >= 11 is 0. The van der Waals surface area contributed by atoms with Crippen molar-refractivity contribution in [1.29, 1.82) is 0 Å². The van der Waals surface area contributed by atoms with Gasteiger partial charge in [0.25, 0.3) is 11.8 Å². The summed E-state index contributed by atoms with van der Waals surface area (Å²) in [5, 5.41) is 2.93. The minimum Gasteiger partial charge on any atom is -0.490 e. The number of hydrogen-bond donors (Lipinski definition) is 1. The largest absolute Gasteiger partial charge is 0.490 e. The lowest BCUT2D eigenvalue weighted by Crippen LogP contribution is -2.28. The van der Waals surface area contributed by atoms with E-state index >= 15 is 0 Å². The van der Waals surface area contributed by atoms with Crippen molar-refractivity contribution in [3.8, 4) is 11.5 Å². The van der Waals surface area contributed by atoms with Crippen molar-refractivity contribution >= 4 is 11.8 Å². The van der Waals surface area contributed by atoms with Gasteiger partial charge in [0.1, 0.15) is 6.61 Å². The molecule has 4 rings (SSSR count). The number of ether oxygens (including phenoxy) is 2. The van der Waals surface area contributed by atoms with Gasteiger partial charge in [0, 0.05) is 43.2 Å². The first-order valence-corrected chi connectivity index (χ1v) is 11.6. The third-order valence-electron chi connectivity index (χ3n) is 5.67. The predicted molar refractivity (Wildman–Crippen MR) is 129 cm³/mol. The van der Waals surface area contributed by atoms with Crippen LogP contribution in [0.3, 0.4) is 0 Å². The number of nitrogens with zero attached hydrogens (tertiary/aromatic N) is 2. The lowest BCUT2D eigenvalue weighted by molar-refractivity contribution is 0.0792. The highest BCUT2D eigenvalue weighted by Gasteiger charge is 2.19. The number of aromatic nitrogens is 1. The molecule has 0 saturated carbocycles. The molecule has 1 aliphatic rings. The minimum absolute atomic E-state index is 0.0504. The first-order valence-electron chi connectivity index (χ1n) is 11.6. The van der Waals surface area contributed by atoms with Crippen LogP contribution in [0.25, 0.3) is 0 Å². The summed E-state index contributed by atoms with van der Waals surface area (Å²) in [6.07, 6.45) is 5.54. The summed E-state index contributed by atoms with van der Waals surface area (Å²) in [5.41, 5.74) is 3.00. The van der Waals surface area contributed by atoms with Crippen LogP contribution >= 0.6 is 0 Å². The van der Waals surface area contributed by atoms with Crippen LogP contribution in [0.15, 0.2) is 67.0 Å². The zero-order valence-corrected chi connectivity index (χ0v) is 19.3. The van der Waals surface area contributed by atoms with Gasteiger partial charge in [-0.2, -0.15) is 0 Å². The molecule has 2 heterocycles. The van der Waals surface area contributed by atoms with Gasteiger partial charge < -0.3 is 19.7 Å². The molecule has 1 aromatic heterocycles. The first kappa shape index (κ1) is 23.3. The number of pyridine rings is 1. The Morgan fingerprint density at radius 3 is 2.47 bits per heavy atom. The lowest BCUT2D eigenvalue weighted by Gasteiger charge is -2.16. The Hall–Kier alpha value is -3.87. The highest BCUT2D eigenvalue weighted by atomic mass is 16.5. The van der Waals surface area contributed by atoms with Crippen LogP contribution < -0.4 is 14.8 Å². The predicted octanol–water partition coefficient (Wildman–Crippen LogP) is 4.23. The Kier molecular flexibility index (Phi) is 7.75. The molecule has 0 unspecified atom stereocenters. The monoisotopic (exact) mass is 459 g/mol. The molecule has 176 valence electrons. The van der Waals surface area contributed by atoms with E-state index in [1.54, 1.807) is 30.6 Å². The summed E-state index contributed by atoms with van der Waals surface area (Å²) in [7, 11) is 0. The summed E-state index contributed by atoms with van der Waals surface area (Å²) in [6.45, 7) is 4.66. The van der Waals surface area contributed by atoms with Crippen molar-refractivity contribution in [3.63, 3.8) is 0 Å². The second-order valence-corrected chi connectivity index (χ2v) is 8.12. The molecule has 7 nitrogen and oxygen atoms in total. The molecule has 0 spiro atoms. The van der Waals surface area contributed by atoms with Crippen LogP contribution in [0.1, 0.15) is 51.6 Å². The van der Waals surface area contributed by atoms with Gasteiger partial charge in [0.2, 0.25) is 0 Å². The second-order valence-electron chi connectivity index (χ2n) is 8.12. The van der Waals surface area contributed by atoms with E-state index in [0.29, 0.717) is 42.4 Å². The van der Waals surface area contributed by atoms with E-state index in [0.717, 1.165) is 37.1 Å². The average Bonchev–Trinajstić information content (AvgIpc) is 3.42. The van der Waals surface area contributed by atoms with Gasteiger partial charge in [-0.25, -0.2) is 0 Å². The highest BCUT2D eigenvalue weighted by Crippen LogP contribution is 2.29. The molecule has 0 bridgehead atoms. The Morgan fingerprint density at radius 1 is 0.912 bits per heavy atom. The van der Waals surface area contributed by atoms with Gasteiger partial charge in [0.15, 0.2) is 11.5 Å². The van der Waals surface area contributed by atoms with Gasteiger partial charge in [-0.3, -0.25) is 14.6 Å². The normalized spacial score (nSPS) is 12.9. The van der Waals surface area contributed by atoms with E-state index in [4.69, 9.17) is 9.47 Å². The Balaban J connectivity index is 1.39. The Labute approximate surface area is 199 Å². The lowest BCUT2D eigenvalue weighted by atomic mass is 10.1. The van der Waals surface area contributed by atoms with Crippen LogP contribution in [-0.4, -0.2) is 41.4 Å². The molecular formula is C27H29N3O4. The van der Waals surface area contributed by atoms with Crippen molar-refractivity contribution in [2.24, 2.45) is 0 Å². The molecule has 0 aliphatic carbocycles. The molecule has 1 saturated heterocycles. The molecule has 1 N–H and O–H groups in total. The summed E-state index contributed by atoms with van der Waals surface area (Å²) in [5.74, 6) is 0.915. The number of carbonyl (C=O) groups excluding carboxylic acids is 2. The molecule has 34 heavy (non-hydrogen) atoms. The van der Waals surface area contributed by atoms with Crippen LogP contribution in [-0.2, 0) is 13.2 Å². The molecule has 1 aliphatic heterocycles. The number of nitrogens with one attached hydrogen (secondary N) is 1. The topological polar surface area (TPSA) is 80.8 Å². The SMILES string of the molecule is CCOc1cc(C(=O)NCc2cccc(C(=O)N3CCCC3)c2)ccc1OCc1ccncc1. The fourth-order valence-corrected chi connectivity index (χ4v) is 3.88. The maximum Gasteiger partial charge on any atom is 0.253 e. The van der Waals surface area contributed by atoms with Crippen LogP contribution in [0.5, 0.6) is 11.5 Å². The molecule has 1 fully saturated rings. The van der Waals surface area contributed by atoms with Gasteiger partial charge in [-0.1, -0.05) is 12.1 Å². The van der Waals surface area contributed by atoms with E-state index in [1.807, 2.05) is 48.2 Å². The third kappa shape index (κ3) is 5.92. The minimum atomic E-state index is -0.224. The molecule has 2 amide bonds. The van der Waals surface area contributed by atoms with Gasteiger partial charge >= 0.3 is 0 Å². The molecule has 0 atom stereocenters. The maximum absolute atomic E-state index is 12.8. The van der Waals surface area contributed by atoms with Crippen LogP contribution in [0.4, 0.5) is 0 Å². The van der Waals surface area contributed by atoms with Gasteiger partial charge in [-0.05, 0) is 73.4 Å². The fraction of sp³-hybridized carbons (Fsp3) is 0.296.